The van der Waals surface area contributed by atoms with Crippen molar-refractivity contribution < 1.29 is 18.3 Å². The van der Waals surface area contributed by atoms with Crippen LogP contribution in [0.2, 0.25) is 0 Å². The molecule has 0 radical (unpaired) electrons. The number of fused-ring (bicyclic) bond motifs is 1. The van der Waals surface area contributed by atoms with Crippen molar-refractivity contribution >= 4 is 38.6 Å². The summed E-state index contributed by atoms with van der Waals surface area (Å²) in [5, 5.41) is 16.1. The summed E-state index contributed by atoms with van der Waals surface area (Å²) < 4.78 is 28.4. The molecule has 33 heavy (non-hydrogen) atoms. The minimum absolute atomic E-state index is 0.318. The third kappa shape index (κ3) is 4.51. The monoisotopic (exact) mass is 470 g/mol. The van der Waals surface area contributed by atoms with Gasteiger partial charge >= 0.3 is 0 Å². The number of aromatic nitrogens is 3. The van der Waals surface area contributed by atoms with Gasteiger partial charge in [-0.15, -0.1) is 0 Å². The summed E-state index contributed by atoms with van der Waals surface area (Å²) in [6.45, 7) is 1.15. The van der Waals surface area contributed by atoms with E-state index >= 15 is 0 Å². The molecule has 0 bridgehead atoms. The number of piperidine rings is 1. The summed E-state index contributed by atoms with van der Waals surface area (Å²) in [5.41, 5.74) is 2.98. The van der Waals surface area contributed by atoms with Crippen molar-refractivity contribution in [3.8, 4) is 0 Å². The highest BCUT2D eigenvalue weighted by Crippen LogP contribution is 2.54. The summed E-state index contributed by atoms with van der Waals surface area (Å²) >= 11 is 0. The first-order valence-electron chi connectivity index (χ1n) is 11.0. The second-order valence-electron chi connectivity index (χ2n) is 8.76. The van der Waals surface area contributed by atoms with Crippen molar-refractivity contribution in [1.29, 1.82) is 0 Å². The van der Waals surface area contributed by atoms with Gasteiger partial charge in [0.25, 0.3) is 5.91 Å². The molecular formula is C22H26N6O4S. The lowest BCUT2D eigenvalue weighted by atomic mass is 9.93. The molecule has 0 unspecified atom stereocenters. The van der Waals surface area contributed by atoms with E-state index in [9.17, 15) is 13.2 Å². The molecule has 2 aromatic heterocycles. The highest BCUT2D eigenvalue weighted by atomic mass is 32.2. The average Bonchev–Trinajstić information content (AvgIpc) is 3.43. The van der Waals surface area contributed by atoms with Crippen LogP contribution in [0.3, 0.4) is 0 Å². The van der Waals surface area contributed by atoms with Gasteiger partial charge in [0, 0.05) is 25.5 Å². The van der Waals surface area contributed by atoms with E-state index in [1.807, 2.05) is 0 Å². The van der Waals surface area contributed by atoms with Crippen LogP contribution >= 0.6 is 0 Å². The van der Waals surface area contributed by atoms with E-state index in [4.69, 9.17) is 5.11 Å². The Morgan fingerprint density at radius 1 is 1.18 bits per heavy atom. The average molecular weight is 471 g/mol. The van der Waals surface area contributed by atoms with E-state index < -0.39 is 22.4 Å². The van der Waals surface area contributed by atoms with Crippen molar-refractivity contribution in [2.45, 2.75) is 25.7 Å². The van der Waals surface area contributed by atoms with Gasteiger partial charge in [-0.2, -0.15) is 5.10 Å². The number of anilines is 3. The topological polar surface area (TPSA) is 129 Å². The van der Waals surface area contributed by atoms with Crippen LogP contribution in [-0.2, 0) is 10.0 Å². The van der Waals surface area contributed by atoms with Crippen LogP contribution in [0.15, 0.2) is 42.9 Å². The number of amides is 1. The molecule has 10 nitrogen and oxygen atoms in total. The summed E-state index contributed by atoms with van der Waals surface area (Å²) in [7, 11) is -3.68. The Balaban J connectivity index is 1.45. The maximum atomic E-state index is 13.3. The number of sulfonamides is 1. The van der Waals surface area contributed by atoms with Crippen LogP contribution in [-0.4, -0.2) is 59.5 Å². The number of hydrogen-bond acceptors (Lipinski definition) is 7. The smallest absolute Gasteiger partial charge is 0.257 e. The predicted molar refractivity (Wildman–Crippen MR) is 125 cm³/mol. The van der Waals surface area contributed by atoms with E-state index in [-0.39, 0.29) is 5.91 Å². The SMILES string of the molecule is O=C(Nc1cnn2cccnc12)c1ccc(NS(=O)(=O)CCO)cc1N1CCC2(CC1)CC2. The van der Waals surface area contributed by atoms with Gasteiger partial charge in [0.1, 0.15) is 5.69 Å². The number of aliphatic hydroxyl groups excluding tert-OH is 1. The zero-order chi connectivity index (χ0) is 23.1. The van der Waals surface area contributed by atoms with Gasteiger partial charge in [-0.3, -0.25) is 9.52 Å². The maximum Gasteiger partial charge on any atom is 0.257 e. The summed E-state index contributed by atoms with van der Waals surface area (Å²) in [6, 6.07) is 6.64. The van der Waals surface area contributed by atoms with Crippen LogP contribution in [0.1, 0.15) is 36.0 Å². The second-order valence-corrected chi connectivity index (χ2v) is 10.6. The van der Waals surface area contributed by atoms with Crippen molar-refractivity contribution in [2.75, 3.05) is 40.4 Å². The number of hydrogen-bond donors (Lipinski definition) is 3. The van der Waals surface area contributed by atoms with E-state index in [1.165, 1.54) is 12.8 Å². The van der Waals surface area contributed by atoms with E-state index in [2.05, 4.69) is 25.0 Å². The first kappa shape index (κ1) is 21.7. The molecule has 3 N–H and O–H groups in total. The fourth-order valence-corrected chi connectivity index (χ4v) is 5.23. The minimum atomic E-state index is -3.68. The number of aliphatic hydroxyl groups is 1. The normalized spacial score (nSPS) is 17.3. The highest BCUT2D eigenvalue weighted by Gasteiger charge is 2.44. The second kappa shape index (κ2) is 8.31. The Morgan fingerprint density at radius 3 is 2.70 bits per heavy atom. The van der Waals surface area contributed by atoms with Gasteiger partial charge in [0.2, 0.25) is 10.0 Å². The maximum absolute atomic E-state index is 13.3. The van der Waals surface area contributed by atoms with Gasteiger partial charge < -0.3 is 15.3 Å². The predicted octanol–water partition coefficient (Wildman–Crippen LogP) is 2.10. The van der Waals surface area contributed by atoms with Crippen LogP contribution in [0.5, 0.6) is 0 Å². The number of benzene rings is 1. The van der Waals surface area contributed by atoms with Crippen molar-refractivity contribution in [3.05, 3.63) is 48.4 Å². The number of carbonyl (C=O) groups is 1. The van der Waals surface area contributed by atoms with E-state index in [0.717, 1.165) is 25.9 Å². The quantitative estimate of drug-likeness (QED) is 0.482. The molecule has 1 saturated carbocycles. The Hall–Kier alpha value is -3.18. The zero-order valence-electron chi connectivity index (χ0n) is 18.1. The Morgan fingerprint density at radius 2 is 1.97 bits per heavy atom. The molecule has 1 aromatic carbocycles. The van der Waals surface area contributed by atoms with Gasteiger partial charge in [0.15, 0.2) is 5.65 Å². The lowest BCUT2D eigenvalue weighted by Crippen LogP contribution is -2.35. The van der Waals surface area contributed by atoms with Crippen LogP contribution in [0.4, 0.5) is 17.1 Å². The molecule has 1 amide bonds. The Labute approximate surface area is 191 Å². The van der Waals surface area contributed by atoms with Gasteiger partial charge in [-0.1, -0.05) is 0 Å². The molecule has 2 fully saturated rings. The number of rotatable bonds is 7. The molecule has 5 rings (SSSR count). The fourth-order valence-electron chi connectivity index (χ4n) is 4.40. The first-order valence-corrected chi connectivity index (χ1v) is 12.6. The summed E-state index contributed by atoms with van der Waals surface area (Å²) in [4.78, 5) is 19.7. The molecule has 1 spiro atoms. The Kier molecular flexibility index (Phi) is 5.45. The van der Waals surface area contributed by atoms with Gasteiger partial charge in [0.05, 0.1) is 35.5 Å². The fraction of sp³-hybridized carbons (Fsp3) is 0.409. The van der Waals surface area contributed by atoms with Gasteiger partial charge in [-0.05, 0) is 55.4 Å². The number of carbonyl (C=O) groups excluding carboxylic acids is 1. The standard InChI is InChI=1S/C22H26N6O4S/c29-12-13-33(31,32)26-16-2-3-17(19(14-16)27-10-6-22(4-5-22)7-11-27)21(30)25-18-15-24-28-9-1-8-23-20(18)28/h1-3,8-9,14-15,26,29H,4-7,10-13H2,(H,25,30). The van der Waals surface area contributed by atoms with Crippen LogP contribution in [0.25, 0.3) is 5.65 Å². The van der Waals surface area contributed by atoms with Crippen molar-refractivity contribution in [2.24, 2.45) is 5.41 Å². The van der Waals surface area contributed by atoms with E-state index in [1.54, 1.807) is 47.4 Å². The summed E-state index contributed by atoms with van der Waals surface area (Å²) in [5.74, 6) is -0.708. The molecule has 2 aliphatic rings. The third-order valence-electron chi connectivity index (χ3n) is 6.53. The number of nitrogens with one attached hydrogen (secondary N) is 2. The van der Waals surface area contributed by atoms with E-state index in [0.29, 0.717) is 33.7 Å². The van der Waals surface area contributed by atoms with Crippen molar-refractivity contribution in [1.82, 2.24) is 14.6 Å². The molecule has 1 saturated heterocycles. The minimum Gasteiger partial charge on any atom is -0.395 e. The van der Waals surface area contributed by atoms with Crippen molar-refractivity contribution in [3.63, 3.8) is 0 Å². The highest BCUT2D eigenvalue weighted by molar-refractivity contribution is 7.92. The Bertz CT molecular complexity index is 1290. The van der Waals surface area contributed by atoms with Crippen LogP contribution < -0.4 is 14.9 Å². The molecule has 0 atom stereocenters. The first-order chi connectivity index (χ1) is 15.9. The zero-order valence-corrected chi connectivity index (χ0v) is 18.9. The molecule has 3 heterocycles. The molecule has 174 valence electrons. The molecule has 11 heteroatoms. The lowest BCUT2D eigenvalue weighted by molar-refractivity contribution is 0.102. The summed E-state index contributed by atoms with van der Waals surface area (Å²) in [6.07, 6.45) is 9.58. The molecular weight excluding hydrogens is 444 g/mol. The molecule has 1 aliphatic carbocycles. The number of nitrogens with zero attached hydrogens (tertiary/aromatic N) is 4. The lowest BCUT2D eigenvalue weighted by Gasteiger charge is -2.35. The molecule has 3 aromatic rings. The van der Waals surface area contributed by atoms with Gasteiger partial charge in [-0.25, -0.2) is 17.9 Å². The largest absolute Gasteiger partial charge is 0.395 e. The third-order valence-corrected chi connectivity index (χ3v) is 7.79. The molecule has 1 aliphatic heterocycles. The van der Waals surface area contributed by atoms with Crippen LogP contribution in [0, 0.1) is 5.41 Å².